The van der Waals surface area contributed by atoms with E-state index in [9.17, 15) is 27.6 Å². The lowest BCUT2D eigenvalue weighted by atomic mass is 10.3. The molecule has 2 N–H and O–H groups in total. The zero-order valence-electron chi connectivity index (χ0n) is 17.1. The van der Waals surface area contributed by atoms with Crippen LogP contribution in [0.15, 0.2) is 65.5 Å². The summed E-state index contributed by atoms with van der Waals surface area (Å²) in [5.41, 5.74) is -0.0843. The first kappa shape index (κ1) is 23.3. The first-order valence-electron chi connectivity index (χ1n) is 9.32. The Morgan fingerprint density at radius 1 is 0.909 bits per heavy atom. The molecule has 1 aromatic heterocycles. The lowest BCUT2D eigenvalue weighted by Gasteiger charge is -2.11. The third kappa shape index (κ3) is 6.82. The van der Waals surface area contributed by atoms with Gasteiger partial charge < -0.3 is 20.1 Å². The normalized spacial score (nSPS) is 10.9. The number of nitrogens with zero attached hydrogens (tertiary/aromatic N) is 2. The highest BCUT2D eigenvalue weighted by molar-refractivity contribution is 6.02. The Kier molecular flexibility index (Phi) is 6.96. The Hall–Kier alpha value is -4.35. The van der Waals surface area contributed by atoms with Crippen LogP contribution < -0.4 is 25.7 Å². The minimum Gasteiger partial charge on any atom is -0.497 e. The Morgan fingerprint density at radius 2 is 1.48 bits per heavy atom. The molecule has 0 saturated heterocycles. The van der Waals surface area contributed by atoms with E-state index >= 15 is 0 Å². The molecule has 0 atom stereocenters. The van der Waals surface area contributed by atoms with E-state index in [2.05, 4.69) is 20.5 Å². The summed E-state index contributed by atoms with van der Waals surface area (Å²) in [7, 11) is 1.51. The number of hydrogen-bond donors (Lipinski definition) is 2. The van der Waals surface area contributed by atoms with Crippen LogP contribution in [-0.2, 0) is 11.3 Å². The van der Waals surface area contributed by atoms with Crippen molar-refractivity contribution in [3.05, 3.63) is 76.7 Å². The van der Waals surface area contributed by atoms with Gasteiger partial charge in [-0.25, -0.2) is 4.68 Å². The maximum atomic E-state index is 12.4. The minimum atomic E-state index is -4.83. The van der Waals surface area contributed by atoms with E-state index in [0.717, 1.165) is 22.9 Å². The van der Waals surface area contributed by atoms with Crippen LogP contribution in [0.25, 0.3) is 0 Å². The van der Waals surface area contributed by atoms with Gasteiger partial charge >= 0.3 is 6.36 Å². The summed E-state index contributed by atoms with van der Waals surface area (Å²) < 4.78 is 46.2. The van der Waals surface area contributed by atoms with Gasteiger partial charge in [-0.3, -0.25) is 14.4 Å². The molecule has 2 aromatic carbocycles. The summed E-state index contributed by atoms with van der Waals surface area (Å²) in [6.45, 7) is -0.525. The topological polar surface area (TPSA) is 112 Å². The van der Waals surface area contributed by atoms with E-state index in [1.54, 1.807) is 24.3 Å². The average Bonchev–Trinajstić information content (AvgIpc) is 2.76. The number of benzene rings is 2. The molecule has 1 heterocycles. The van der Waals surface area contributed by atoms with Crippen LogP contribution in [0.5, 0.6) is 11.5 Å². The van der Waals surface area contributed by atoms with Crippen LogP contribution in [0.4, 0.5) is 24.5 Å². The number of rotatable bonds is 7. The summed E-state index contributed by atoms with van der Waals surface area (Å²) in [5.74, 6) is -1.13. The van der Waals surface area contributed by atoms with Crippen LogP contribution in [0.1, 0.15) is 10.5 Å². The third-order valence-corrected chi connectivity index (χ3v) is 4.11. The van der Waals surface area contributed by atoms with Crippen molar-refractivity contribution < 1.29 is 32.2 Å². The summed E-state index contributed by atoms with van der Waals surface area (Å²) >= 11 is 0. The fourth-order valence-electron chi connectivity index (χ4n) is 2.63. The number of methoxy groups -OCH3 is 1. The molecule has 0 radical (unpaired) electrons. The molecule has 2 amide bonds. The third-order valence-electron chi connectivity index (χ3n) is 4.11. The molecule has 12 heteroatoms. The van der Waals surface area contributed by atoms with E-state index in [1.807, 2.05) is 0 Å². The van der Waals surface area contributed by atoms with E-state index < -0.39 is 36.0 Å². The van der Waals surface area contributed by atoms with Crippen molar-refractivity contribution in [2.24, 2.45) is 0 Å². The monoisotopic (exact) mass is 462 g/mol. The molecular formula is C21H17F3N4O5. The van der Waals surface area contributed by atoms with Gasteiger partial charge in [-0.05, 0) is 54.6 Å². The SMILES string of the molecule is COc1ccc(NC(=O)c2ccc(=O)n(CC(=O)Nc3ccc(OC(F)(F)F)cc3)n2)cc1. The standard InChI is InChI=1S/C21H17F3N4O5/c1-32-15-6-2-14(3-7-15)26-20(31)17-10-11-19(30)28(27-17)12-18(29)25-13-4-8-16(9-5-13)33-21(22,23)24/h2-11H,12H2,1H3,(H,25,29)(H,26,31). The van der Waals surface area contributed by atoms with Crippen LogP contribution in [0, 0.1) is 0 Å². The Labute approximate surface area is 184 Å². The van der Waals surface area contributed by atoms with Crippen molar-refractivity contribution in [2.45, 2.75) is 12.9 Å². The van der Waals surface area contributed by atoms with Crippen LogP contribution in [-0.4, -0.2) is 35.1 Å². The van der Waals surface area contributed by atoms with Gasteiger partial charge in [-0.15, -0.1) is 13.2 Å². The molecule has 9 nitrogen and oxygen atoms in total. The molecule has 3 aromatic rings. The van der Waals surface area contributed by atoms with Gasteiger partial charge in [0.25, 0.3) is 11.5 Å². The summed E-state index contributed by atoms with van der Waals surface area (Å²) in [6, 6.07) is 13.3. The number of aromatic nitrogens is 2. The highest BCUT2D eigenvalue weighted by atomic mass is 19.4. The number of anilines is 2. The molecule has 172 valence electrons. The number of nitrogens with one attached hydrogen (secondary N) is 2. The molecular weight excluding hydrogens is 445 g/mol. The van der Waals surface area contributed by atoms with Gasteiger partial charge in [0.15, 0.2) is 0 Å². The molecule has 0 aliphatic carbocycles. The van der Waals surface area contributed by atoms with E-state index in [0.29, 0.717) is 11.4 Å². The fraction of sp³-hybridized carbons (Fsp3) is 0.143. The summed E-state index contributed by atoms with van der Waals surface area (Å²) in [4.78, 5) is 36.7. The summed E-state index contributed by atoms with van der Waals surface area (Å²) in [6.07, 6.45) is -4.83. The van der Waals surface area contributed by atoms with Crippen LogP contribution in [0.3, 0.4) is 0 Å². The van der Waals surface area contributed by atoms with Crippen molar-refractivity contribution in [3.63, 3.8) is 0 Å². The predicted octanol–water partition coefficient (Wildman–Crippen LogP) is 3.04. The van der Waals surface area contributed by atoms with E-state index in [-0.39, 0.29) is 11.4 Å². The van der Waals surface area contributed by atoms with Gasteiger partial charge in [0.05, 0.1) is 7.11 Å². The predicted molar refractivity (Wildman–Crippen MR) is 111 cm³/mol. The molecule has 0 unspecified atom stereocenters. The molecule has 0 saturated carbocycles. The maximum Gasteiger partial charge on any atom is 0.573 e. The number of amides is 2. The van der Waals surface area contributed by atoms with Gasteiger partial charge in [-0.2, -0.15) is 5.10 Å². The van der Waals surface area contributed by atoms with Crippen LogP contribution >= 0.6 is 0 Å². The second-order valence-electron chi connectivity index (χ2n) is 6.52. The Balaban J connectivity index is 1.64. The number of carbonyl (C=O) groups excluding carboxylic acids is 2. The second kappa shape index (κ2) is 9.85. The first-order valence-corrected chi connectivity index (χ1v) is 9.32. The van der Waals surface area contributed by atoms with Crippen molar-refractivity contribution in [2.75, 3.05) is 17.7 Å². The van der Waals surface area contributed by atoms with Gasteiger partial charge in [0.1, 0.15) is 23.7 Å². The van der Waals surface area contributed by atoms with Gasteiger partial charge in [0.2, 0.25) is 5.91 Å². The maximum absolute atomic E-state index is 12.4. The molecule has 33 heavy (non-hydrogen) atoms. The smallest absolute Gasteiger partial charge is 0.497 e. The highest BCUT2D eigenvalue weighted by Gasteiger charge is 2.31. The minimum absolute atomic E-state index is 0.105. The van der Waals surface area contributed by atoms with Crippen molar-refractivity contribution in [1.82, 2.24) is 9.78 Å². The van der Waals surface area contributed by atoms with Crippen molar-refractivity contribution in [1.29, 1.82) is 0 Å². The molecule has 0 bridgehead atoms. The molecule has 0 aliphatic heterocycles. The zero-order chi connectivity index (χ0) is 24.0. The van der Waals surface area contributed by atoms with Crippen molar-refractivity contribution >= 4 is 23.2 Å². The Bertz CT molecular complexity index is 1190. The Morgan fingerprint density at radius 3 is 2.06 bits per heavy atom. The van der Waals surface area contributed by atoms with E-state index in [4.69, 9.17) is 4.74 Å². The second-order valence-corrected chi connectivity index (χ2v) is 6.52. The average molecular weight is 462 g/mol. The van der Waals surface area contributed by atoms with Gasteiger partial charge in [-0.1, -0.05) is 0 Å². The number of ether oxygens (including phenoxy) is 2. The lowest BCUT2D eigenvalue weighted by molar-refractivity contribution is -0.274. The molecule has 0 fully saturated rings. The summed E-state index contributed by atoms with van der Waals surface area (Å²) in [5, 5.41) is 8.92. The van der Waals surface area contributed by atoms with E-state index in [1.165, 1.54) is 25.3 Å². The quantitative estimate of drug-likeness (QED) is 0.558. The highest BCUT2D eigenvalue weighted by Crippen LogP contribution is 2.24. The zero-order valence-corrected chi connectivity index (χ0v) is 17.1. The lowest BCUT2D eigenvalue weighted by Crippen LogP contribution is -2.31. The number of halogens is 3. The largest absolute Gasteiger partial charge is 0.573 e. The van der Waals surface area contributed by atoms with Crippen LogP contribution in [0.2, 0.25) is 0 Å². The fourth-order valence-corrected chi connectivity index (χ4v) is 2.63. The molecule has 3 rings (SSSR count). The molecule has 0 aliphatic rings. The van der Waals surface area contributed by atoms with Crippen molar-refractivity contribution in [3.8, 4) is 11.5 Å². The molecule has 0 spiro atoms. The van der Waals surface area contributed by atoms with Gasteiger partial charge in [0, 0.05) is 17.4 Å². The number of alkyl halides is 3. The first-order chi connectivity index (χ1) is 15.6. The number of hydrogen-bond acceptors (Lipinski definition) is 6. The number of carbonyl (C=O) groups is 2.